The van der Waals surface area contributed by atoms with Crippen molar-refractivity contribution < 1.29 is 24.0 Å². The molecule has 3 aromatic rings. The van der Waals surface area contributed by atoms with Crippen molar-refractivity contribution in [3.8, 4) is 0 Å². The number of carbonyl (C=O) groups excluding carboxylic acids is 5. The van der Waals surface area contributed by atoms with Crippen LogP contribution in [0.1, 0.15) is 73.7 Å². The number of ketones is 1. The molecule has 306 valence electrons. The molecule has 2 aliphatic heterocycles. The van der Waals surface area contributed by atoms with Gasteiger partial charge in [-0.2, -0.15) is 11.8 Å². The lowest BCUT2D eigenvalue weighted by Crippen LogP contribution is -2.41. The number of aliphatic imine (C=N–C) groups is 1. The number of aryl methyl sites for hydroxylation is 1. The number of amidine groups is 1. The van der Waals surface area contributed by atoms with Crippen molar-refractivity contribution in [1.82, 2.24) is 21.3 Å². The standard InChI is InChI=1S/C42H55ClN8O5S/c1-51(2)32-19-16-28-23-30(15-14-29(28)24-32)41(55)48-33(7-5-21-45-37(44)25-43)35(52)20-13-27-11-17-31(18-12-27)47-39(54)10-6-22-46-38(53)9-4-3-8-36-40-34(26-57-36)49-42(56)50-40/h11-12,14-19,23-24,33-34,36,40H,3-10,13,20-22,25-26H2,1-2H3,(H2,44,45)(H,46,53)(H,47,54)(H,48,55)(H2,49,50,56)/t33-,34?,36?,40?/m0/s1. The monoisotopic (exact) mass is 818 g/mol. The van der Waals surface area contributed by atoms with Crippen molar-refractivity contribution in [1.29, 1.82) is 0 Å². The fourth-order valence-electron chi connectivity index (χ4n) is 7.03. The minimum Gasteiger partial charge on any atom is -0.386 e. The summed E-state index contributed by atoms with van der Waals surface area (Å²) >= 11 is 7.62. The largest absolute Gasteiger partial charge is 0.386 e. The zero-order valence-corrected chi connectivity index (χ0v) is 34.4. The van der Waals surface area contributed by atoms with Crippen LogP contribution in [-0.4, -0.2) is 97.6 Å². The van der Waals surface area contributed by atoms with Gasteiger partial charge in [-0.3, -0.25) is 24.2 Å². The molecule has 5 amide bonds. The summed E-state index contributed by atoms with van der Waals surface area (Å²) in [6.45, 7) is 0.822. The number of nitrogens with zero attached hydrogens (tertiary/aromatic N) is 2. The molecular formula is C42H55ClN8O5S. The van der Waals surface area contributed by atoms with E-state index in [9.17, 15) is 24.0 Å². The maximum absolute atomic E-state index is 13.5. The Morgan fingerprint density at radius 1 is 0.930 bits per heavy atom. The number of alkyl halides is 1. The number of anilines is 2. The molecule has 3 unspecified atom stereocenters. The van der Waals surface area contributed by atoms with Crippen molar-refractivity contribution >= 4 is 80.9 Å². The number of thioether (sulfide) groups is 1. The first-order chi connectivity index (χ1) is 27.5. The molecule has 3 aromatic carbocycles. The maximum atomic E-state index is 13.5. The number of hydrogen-bond acceptors (Lipinski definition) is 8. The highest BCUT2D eigenvalue weighted by molar-refractivity contribution is 8.00. The lowest BCUT2D eigenvalue weighted by Gasteiger charge is -2.18. The van der Waals surface area contributed by atoms with Gasteiger partial charge in [0.25, 0.3) is 5.91 Å². The Bertz CT molecular complexity index is 1910. The van der Waals surface area contributed by atoms with E-state index in [1.54, 1.807) is 18.2 Å². The Balaban J connectivity index is 1.02. The first-order valence-corrected chi connectivity index (χ1v) is 21.3. The highest BCUT2D eigenvalue weighted by Crippen LogP contribution is 2.33. The zero-order chi connectivity index (χ0) is 40.7. The SMILES string of the molecule is CN(C)c1ccc2cc(C(=O)N[C@@H](CCCN=C(N)CCl)C(=O)CCc3ccc(NC(=O)CCCNC(=O)CCCCC4SCC5NC(=O)NC54)cc3)ccc2c1. The van der Waals surface area contributed by atoms with Gasteiger partial charge in [0.1, 0.15) is 5.84 Å². The number of rotatable bonds is 22. The summed E-state index contributed by atoms with van der Waals surface area (Å²) < 4.78 is 0. The van der Waals surface area contributed by atoms with Crippen LogP contribution in [0, 0.1) is 0 Å². The molecule has 2 saturated heterocycles. The molecule has 7 N–H and O–H groups in total. The number of fused-ring (bicyclic) bond motifs is 2. The quantitative estimate of drug-likeness (QED) is 0.0264. The van der Waals surface area contributed by atoms with E-state index in [4.69, 9.17) is 17.3 Å². The molecule has 0 saturated carbocycles. The molecule has 0 spiro atoms. The fourth-order valence-corrected chi connectivity index (χ4v) is 8.66. The average molecular weight is 819 g/mol. The van der Waals surface area contributed by atoms with Crippen molar-refractivity contribution in [3.05, 3.63) is 71.8 Å². The number of unbranched alkanes of at least 4 members (excludes halogenated alkanes) is 1. The molecule has 0 bridgehead atoms. The van der Waals surface area contributed by atoms with Gasteiger partial charge in [0, 0.05) is 74.4 Å². The molecule has 4 atom stereocenters. The Kier molecular flexibility index (Phi) is 16.4. The van der Waals surface area contributed by atoms with Gasteiger partial charge in [-0.05, 0) is 91.3 Å². The minimum atomic E-state index is -0.703. The smallest absolute Gasteiger partial charge is 0.315 e. The van der Waals surface area contributed by atoms with Crippen LogP contribution in [0.25, 0.3) is 10.8 Å². The van der Waals surface area contributed by atoms with Crippen molar-refractivity contribution in [2.24, 2.45) is 10.7 Å². The molecule has 57 heavy (non-hydrogen) atoms. The lowest BCUT2D eigenvalue weighted by atomic mass is 9.99. The summed E-state index contributed by atoms with van der Waals surface area (Å²) in [5.74, 6) is 0.822. The summed E-state index contributed by atoms with van der Waals surface area (Å²) in [7, 11) is 3.96. The van der Waals surface area contributed by atoms with E-state index in [0.29, 0.717) is 67.5 Å². The van der Waals surface area contributed by atoms with Crippen LogP contribution >= 0.6 is 23.4 Å². The van der Waals surface area contributed by atoms with E-state index >= 15 is 0 Å². The number of nitrogens with one attached hydrogen (secondary N) is 5. The third kappa shape index (κ3) is 13.4. The van der Waals surface area contributed by atoms with Crippen LogP contribution in [0.4, 0.5) is 16.2 Å². The molecule has 15 heteroatoms. The second kappa shape index (κ2) is 21.6. The van der Waals surface area contributed by atoms with E-state index in [0.717, 1.165) is 47.0 Å². The van der Waals surface area contributed by atoms with Gasteiger partial charge in [-0.25, -0.2) is 4.79 Å². The van der Waals surface area contributed by atoms with Gasteiger partial charge in [0.15, 0.2) is 5.78 Å². The zero-order valence-electron chi connectivity index (χ0n) is 32.8. The summed E-state index contributed by atoms with van der Waals surface area (Å²) in [5, 5.41) is 17.0. The molecule has 0 radical (unpaired) electrons. The number of carbonyl (C=O) groups is 5. The van der Waals surface area contributed by atoms with Crippen LogP contribution in [0.5, 0.6) is 0 Å². The minimum absolute atomic E-state index is 0.0172. The number of Topliss-reactive ketones (excluding diaryl/α,β-unsaturated/α-hetero) is 1. The summed E-state index contributed by atoms with van der Waals surface area (Å²) in [6.07, 6.45) is 5.55. The molecule has 2 aliphatic rings. The van der Waals surface area contributed by atoms with Crippen LogP contribution < -0.4 is 37.2 Å². The van der Waals surface area contributed by atoms with E-state index in [1.165, 1.54) is 0 Å². The first-order valence-electron chi connectivity index (χ1n) is 19.7. The highest BCUT2D eigenvalue weighted by atomic mass is 35.5. The maximum Gasteiger partial charge on any atom is 0.315 e. The first kappa shape index (κ1) is 43.3. The van der Waals surface area contributed by atoms with E-state index < -0.39 is 6.04 Å². The summed E-state index contributed by atoms with van der Waals surface area (Å²) in [6, 6.07) is 18.5. The molecule has 0 aliphatic carbocycles. The Morgan fingerprint density at radius 2 is 1.68 bits per heavy atom. The predicted molar refractivity (Wildman–Crippen MR) is 231 cm³/mol. The molecule has 5 rings (SSSR count). The number of nitrogens with two attached hydrogens (primary N) is 1. The average Bonchev–Trinajstić information content (AvgIpc) is 3.77. The van der Waals surface area contributed by atoms with Crippen molar-refractivity contribution in [2.45, 2.75) is 87.6 Å². The van der Waals surface area contributed by atoms with Crippen LogP contribution in [0.2, 0.25) is 0 Å². The summed E-state index contributed by atoms with van der Waals surface area (Å²) in [5.41, 5.74) is 8.85. The van der Waals surface area contributed by atoms with Crippen LogP contribution in [-0.2, 0) is 20.8 Å². The second-order valence-corrected chi connectivity index (χ2v) is 16.4. The highest BCUT2D eigenvalue weighted by Gasteiger charge is 2.42. The topological polar surface area (TPSA) is 187 Å². The number of halogens is 1. The van der Waals surface area contributed by atoms with E-state index in [1.807, 2.05) is 67.2 Å². The summed E-state index contributed by atoms with van der Waals surface area (Å²) in [4.78, 5) is 69.6. The van der Waals surface area contributed by atoms with E-state index in [-0.39, 0.29) is 60.3 Å². The number of hydrogen-bond donors (Lipinski definition) is 6. The van der Waals surface area contributed by atoms with Gasteiger partial charge in [-0.1, -0.05) is 30.7 Å². The van der Waals surface area contributed by atoms with Gasteiger partial charge < -0.3 is 37.2 Å². The molecular weight excluding hydrogens is 764 g/mol. The van der Waals surface area contributed by atoms with Gasteiger partial charge in [-0.15, -0.1) is 11.6 Å². The number of amides is 5. The Morgan fingerprint density at radius 3 is 2.46 bits per heavy atom. The predicted octanol–water partition coefficient (Wildman–Crippen LogP) is 5.14. The molecule has 13 nitrogen and oxygen atoms in total. The van der Waals surface area contributed by atoms with Gasteiger partial charge in [0.05, 0.1) is 24.0 Å². The van der Waals surface area contributed by atoms with Crippen molar-refractivity contribution in [2.75, 3.05) is 49.0 Å². The Hall–Kier alpha value is -4.82. The second-order valence-electron chi connectivity index (χ2n) is 14.8. The third-order valence-corrected chi connectivity index (χ3v) is 12.1. The fraction of sp³-hybridized carbons (Fsp3) is 0.476. The normalized spacial score (nSPS) is 18.0. The molecule has 0 aromatic heterocycles. The molecule has 2 fully saturated rings. The number of benzene rings is 3. The Labute approximate surface area is 344 Å². The number of urea groups is 1. The van der Waals surface area contributed by atoms with E-state index in [2.05, 4.69) is 37.6 Å². The van der Waals surface area contributed by atoms with Gasteiger partial charge in [0.2, 0.25) is 11.8 Å². The molecule has 2 heterocycles. The third-order valence-electron chi connectivity index (χ3n) is 10.3. The van der Waals surface area contributed by atoms with Crippen LogP contribution in [0.3, 0.4) is 0 Å². The van der Waals surface area contributed by atoms with Crippen LogP contribution in [0.15, 0.2) is 65.7 Å². The van der Waals surface area contributed by atoms with Crippen molar-refractivity contribution in [3.63, 3.8) is 0 Å². The lowest BCUT2D eigenvalue weighted by molar-refractivity contribution is -0.122. The van der Waals surface area contributed by atoms with Gasteiger partial charge >= 0.3 is 6.03 Å².